The highest BCUT2D eigenvalue weighted by Gasteiger charge is 2.44. The van der Waals surface area contributed by atoms with Crippen molar-refractivity contribution in [1.29, 1.82) is 0 Å². The van der Waals surface area contributed by atoms with Gasteiger partial charge < -0.3 is 15.7 Å². The Bertz CT molecular complexity index is 919. The number of piperidine rings is 2. The van der Waals surface area contributed by atoms with Gasteiger partial charge in [-0.25, -0.2) is 9.71 Å². The second-order valence-electron chi connectivity index (χ2n) is 12.6. The maximum atomic E-state index is 13.1. The Hall–Kier alpha value is -1.77. The summed E-state index contributed by atoms with van der Waals surface area (Å²) in [6.45, 7) is 3.05. The van der Waals surface area contributed by atoms with Crippen LogP contribution in [0.4, 0.5) is 16.2 Å². The first-order valence-corrected chi connectivity index (χ1v) is 15.2. The van der Waals surface area contributed by atoms with Gasteiger partial charge >= 0.3 is 13.1 Å². The van der Waals surface area contributed by atoms with Gasteiger partial charge in [0.1, 0.15) is 0 Å². The van der Waals surface area contributed by atoms with Crippen LogP contribution in [0.5, 0.6) is 0 Å². The van der Waals surface area contributed by atoms with Crippen LogP contribution in [0.3, 0.4) is 0 Å². The molecule has 1 aromatic carbocycles. The molecule has 0 spiro atoms. The molecule has 8 heteroatoms. The highest BCUT2D eigenvalue weighted by atomic mass is 16.2. The van der Waals surface area contributed by atoms with Gasteiger partial charge in [0.2, 0.25) is 0 Å². The first-order valence-electron chi connectivity index (χ1n) is 15.2. The van der Waals surface area contributed by atoms with Crippen molar-refractivity contribution in [2.24, 2.45) is 11.8 Å². The number of amides is 2. The monoisotopic (exact) mass is 507 g/mol. The molecule has 0 unspecified atom stereocenters. The number of rotatable bonds is 5. The summed E-state index contributed by atoms with van der Waals surface area (Å²) < 4.78 is 0. The van der Waals surface area contributed by atoms with Crippen molar-refractivity contribution in [2.45, 2.75) is 114 Å². The topological polar surface area (TPSA) is 71.1 Å². The van der Waals surface area contributed by atoms with E-state index in [1.165, 1.54) is 77.0 Å². The fourth-order valence-electron chi connectivity index (χ4n) is 8.60. The highest BCUT2D eigenvalue weighted by molar-refractivity contribution is 6.45. The lowest BCUT2D eigenvalue weighted by Gasteiger charge is -2.54. The molecule has 5 aliphatic rings. The minimum Gasteiger partial charge on any atom is -0.436 e. The molecule has 3 heterocycles. The summed E-state index contributed by atoms with van der Waals surface area (Å²) in [5, 5.41) is 18.7. The van der Waals surface area contributed by atoms with Crippen molar-refractivity contribution in [2.75, 3.05) is 23.7 Å². The fourth-order valence-corrected chi connectivity index (χ4v) is 8.60. The Balaban J connectivity index is 1.12. The molecule has 2 aliphatic carbocycles. The lowest BCUT2D eigenvalue weighted by atomic mass is 9.73. The minimum absolute atomic E-state index is 0.168. The molecule has 5 fully saturated rings. The molecule has 4 bridgehead atoms. The third-order valence-electron chi connectivity index (χ3n) is 10.1. The maximum absolute atomic E-state index is 13.1. The Labute approximate surface area is 223 Å². The molecule has 0 radical (unpaired) electrons. The average Bonchev–Trinajstić information content (AvgIpc) is 3.32. The molecule has 6 atom stereocenters. The zero-order chi connectivity index (χ0) is 25.4. The third-order valence-corrected chi connectivity index (χ3v) is 10.1. The number of nitrogens with zero attached hydrogens (tertiary/aromatic N) is 3. The summed E-state index contributed by atoms with van der Waals surface area (Å²) >= 11 is 0. The van der Waals surface area contributed by atoms with Crippen LogP contribution < -0.4 is 10.6 Å². The zero-order valence-corrected chi connectivity index (χ0v) is 22.7. The van der Waals surface area contributed by atoms with E-state index in [1.54, 1.807) is 16.8 Å². The van der Waals surface area contributed by atoms with E-state index < -0.39 is 7.05 Å². The zero-order valence-electron chi connectivity index (χ0n) is 22.7. The second kappa shape index (κ2) is 11.2. The van der Waals surface area contributed by atoms with Crippen molar-refractivity contribution >= 4 is 24.5 Å². The number of fused-ring (bicyclic) bond motifs is 4. The number of para-hydroxylation sites is 2. The summed E-state index contributed by atoms with van der Waals surface area (Å²) in [7, 11) is -0.667. The van der Waals surface area contributed by atoms with E-state index in [4.69, 9.17) is 0 Å². The number of anilines is 2. The molecular formula is C29H46BN5O2. The van der Waals surface area contributed by atoms with Gasteiger partial charge in [0.05, 0.1) is 11.4 Å². The van der Waals surface area contributed by atoms with E-state index >= 15 is 0 Å². The van der Waals surface area contributed by atoms with E-state index in [0.717, 1.165) is 35.7 Å². The van der Waals surface area contributed by atoms with Crippen LogP contribution in [0, 0.1) is 11.8 Å². The standard InChI is InChI=1S/C29H46BN5O2/c1-30(37)34-15-7-14-33(34)29(36)32-28-13-5-4-12-27(28)31-23-19-24-10-6-11-25(20-23)35(24)26-17-21-8-2-3-9-22(16-21)18-26/h4-5,12-13,21-26,31,37H,2-3,6-11,14-20H2,1H3,(H,32,36)/t21-,22+,23-,24+,25-,26-. The van der Waals surface area contributed by atoms with Gasteiger partial charge in [-0.05, 0) is 82.2 Å². The van der Waals surface area contributed by atoms with Crippen molar-refractivity contribution in [3.05, 3.63) is 24.3 Å². The number of hydrogen-bond acceptors (Lipinski definition) is 5. The van der Waals surface area contributed by atoms with Crippen molar-refractivity contribution < 1.29 is 9.82 Å². The van der Waals surface area contributed by atoms with Crippen LogP contribution in [-0.4, -0.2) is 70.2 Å². The van der Waals surface area contributed by atoms with Crippen molar-refractivity contribution in [3.63, 3.8) is 0 Å². The van der Waals surface area contributed by atoms with Gasteiger partial charge in [-0.1, -0.05) is 44.2 Å². The quantitative estimate of drug-likeness (QED) is 0.465. The molecule has 7 nitrogen and oxygen atoms in total. The van der Waals surface area contributed by atoms with Crippen LogP contribution in [0.1, 0.15) is 83.5 Å². The van der Waals surface area contributed by atoms with Crippen molar-refractivity contribution in [1.82, 2.24) is 14.8 Å². The number of urea groups is 1. The largest absolute Gasteiger partial charge is 0.436 e. The lowest BCUT2D eigenvalue weighted by Crippen LogP contribution is -2.59. The van der Waals surface area contributed by atoms with Crippen LogP contribution in [0.25, 0.3) is 0 Å². The molecule has 3 aliphatic heterocycles. The smallest absolute Gasteiger partial charge is 0.395 e. The molecule has 1 aromatic rings. The molecule has 3 N–H and O–H groups in total. The summed E-state index contributed by atoms with van der Waals surface area (Å²) in [5.41, 5.74) is 1.84. The number of hydrazine groups is 1. The molecule has 202 valence electrons. The van der Waals surface area contributed by atoms with Crippen LogP contribution >= 0.6 is 0 Å². The molecule has 3 saturated heterocycles. The SMILES string of the molecule is CB(O)N1CCCN1C(=O)Nc1ccccc1N[C@H]1C[C@H]2CCC[C@@H](C1)N2[C@@H]1C[C@@H]2CCCC[C@@H](C2)C1. The predicted octanol–water partition coefficient (Wildman–Crippen LogP) is 5.41. The van der Waals surface area contributed by atoms with Crippen molar-refractivity contribution in [3.8, 4) is 0 Å². The fraction of sp³-hybridized carbons (Fsp3) is 0.759. The van der Waals surface area contributed by atoms with Crippen LogP contribution in [0.2, 0.25) is 6.82 Å². The predicted molar refractivity (Wildman–Crippen MR) is 150 cm³/mol. The van der Waals surface area contributed by atoms with E-state index in [-0.39, 0.29) is 6.03 Å². The Morgan fingerprint density at radius 1 is 0.838 bits per heavy atom. The third kappa shape index (κ3) is 5.53. The van der Waals surface area contributed by atoms with Gasteiger partial charge in [0.15, 0.2) is 0 Å². The number of benzene rings is 1. The molecule has 2 saturated carbocycles. The Morgan fingerprint density at radius 2 is 1.51 bits per heavy atom. The number of carbonyl (C=O) groups is 1. The molecule has 0 aromatic heterocycles. The second-order valence-corrected chi connectivity index (χ2v) is 12.6. The number of nitrogens with one attached hydrogen (secondary N) is 2. The minimum atomic E-state index is -0.667. The van der Waals surface area contributed by atoms with E-state index in [0.29, 0.717) is 31.2 Å². The van der Waals surface area contributed by atoms with Gasteiger partial charge in [-0.3, -0.25) is 9.91 Å². The van der Waals surface area contributed by atoms with E-state index in [1.807, 2.05) is 12.1 Å². The van der Waals surface area contributed by atoms with Gasteiger partial charge in [0, 0.05) is 37.3 Å². The van der Waals surface area contributed by atoms with Crippen LogP contribution in [0.15, 0.2) is 24.3 Å². The summed E-state index contributed by atoms with van der Waals surface area (Å²) in [6.07, 6.45) is 17.6. The molecule has 37 heavy (non-hydrogen) atoms. The summed E-state index contributed by atoms with van der Waals surface area (Å²) in [5.74, 6) is 1.94. The normalized spacial score (nSPS) is 34.6. The molecule has 2 amide bonds. The first kappa shape index (κ1) is 25.5. The first-order chi connectivity index (χ1) is 18.0. The average molecular weight is 508 g/mol. The van der Waals surface area contributed by atoms with Crippen LogP contribution in [-0.2, 0) is 0 Å². The van der Waals surface area contributed by atoms with E-state index in [2.05, 4.69) is 27.7 Å². The highest BCUT2D eigenvalue weighted by Crippen LogP contribution is 2.45. The Kier molecular flexibility index (Phi) is 7.69. The molecule has 6 rings (SSSR count). The Morgan fingerprint density at radius 3 is 2.19 bits per heavy atom. The number of carbonyl (C=O) groups excluding carboxylic acids is 1. The number of hydrogen-bond donors (Lipinski definition) is 3. The van der Waals surface area contributed by atoms with Gasteiger partial charge in [-0.2, -0.15) is 0 Å². The summed E-state index contributed by atoms with van der Waals surface area (Å²) in [4.78, 5) is 17.8. The maximum Gasteiger partial charge on any atom is 0.395 e. The van der Waals surface area contributed by atoms with Gasteiger partial charge in [0.25, 0.3) is 0 Å². The lowest BCUT2D eigenvalue weighted by molar-refractivity contribution is -0.0307. The van der Waals surface area contributed by atoms with Gasteiger partial charge in [-0.15, -0.1) is 0 Å². The summed E-state index contributed by atoms with van der Waals surface area (Å²) in [6, 6.07) is 10.6. The van der Waals surface area contributed by atoms with E-state index in [9.17, 15) is 9.82 Å². The molecular weight excluding hydrogens is 461 g/mol.